The lowest BCUT2D eigenvalue weighted by molar-refractivity contribution is -0.132. The van der Waals surface area contributed by atoms with Gasteiger partial charge in [-0.1, -0.05) is 18.2 Å². The number of H-pyrrole nitrogens is 1. The van der Waals surface area contributed by atoms with Crippen molar-refractivity contribution in [2.45, 2.75) is 25.8 Å². The van der Waals surface area contributed by atoms with Crippen LogP contribution in [0.2, 0.25) is 0 Å². The number of fused-ring (bicyclic) bond motifs is 1. The molecular weight excluding hydrogens is 264 g/mol. The van der Waals surface area contributed by atoms with Crippen LogP contribution < -0.4 is 4.74 Å². The Bertz CT molecular complexity index is 592. The molecule has 0 saturated heterocycles. The van der Waals surface area contributed by atoms with Gasteiger partial charge in [-0.25, -0.2) is 0 Å². The lowest BCUT2D eigenvalue weighted by Crippen LogP contribution is -2.35. The van der Waals surface area contributed by atoms with Gasteiger partial charge in [-0.15, -0.1) is 0 Å². The largest absolute Gasteiger partial charge is 0.494 e. The third kappa shape index (κ3) is 3.45. The molecule has 0 radical (unpaired) electrons. The van der Waals surface area contributed by atoms with Gasteiger partial charge < -0.3 is 14.6 Å². The van der Waals surface area contributed by atoms with E-state index < -0.39 is 0 Å². The molecule has 2 heterocycles. The molecule has 0 spiro atoms. The average molecular weight is 284 g/mol. The number of aromatic amines is 1. The first-order valence-corrected chi connectivity index (χ1v) is 7.44. The van der Waals surface area contributed by atoms with Gasteiger partial charge in [0.05, 0.1) is 6.61 Å². The summed E-state index contributed by atoms with van der Waals surface area (Å²) >= 11 is 0. The number of rotatable bonds is 5. The molecule has 21 heavy (non-hydrogen) atoms. The smallest absolute Gasteiger partial charge is 0.223 e. The quantitative estimate of drug-likeness (QED) is 0.858. The summed E-state index contributed by atoms with van der Waals surface area (Å²) in [7, 11) is 0. The molecule has 0 bridgehead atoms. The highest BCUT2D eigenvalue weighted by molar-refractivity contribution is 5.76. The van der Waals surface area contributed by atoms with Gasteiger partial charge in [0.1, 0.15) is 5.75 Å². The van der Waals surface area contributed by atoms with Gasteiger partial charge in [-0.2, -0.15) is 0 Å². The van der Waals surface area contributed by atoms with Crippen molar-refractivity contribution in [1.82, 2.24) is 9.88 Å². The van der Waals surface area contributed by atoms with Crippen molar-refractivity contribution in [2.75, 3.05) is 13.2 Å². The molecule has 1 aliphatic rings. The lowest BCUT2D eigenvalue weighted by atomic mass is 10.1. The Morgan fingerprint density at radius 2 is 2.10 bits per heavy atom. The third-order valence-electron chi connectivity index (χ3n) is 3.82. The van der Waals surface area contributed by atoms with Crippen LogP contribution >= 0.6 is 0 Å². The van der Waals surface area contributed by atoms with E-state index in [1.54, 1.807) is 0 Å². The van der Waals surface area contributed by atoms with Gasteiger partial charge in [0.25, 0.3) is 0 Å². The number of carbonyl (C=O) groups is 1. The number of hydrogen-bond donors (Lipinski definition) is 1. The number of carbonyl (C=O) groups excluding carboxylic acids is 1. The highest BCUT2D eigenvalue weighted by Gasteiger charge is 2.20. The Morgan fingerprint density at radius 3 is 2.95 bits per heavy atom. The fraction of sp³-hybridized carbons (Fsp3) is 0.353. The van der Waals surface area contributed by atoms with E-state index in [0.717, 1.165) is 31.7 Å². The first-order valence-electron chi connectivity index (χ1n) is 7.44. The van der Waals surface area contributed by atoms with E-state index >= 15 is 0 Å². The fourth-order valence-electron chi connectivity index (χ4n) is 2.65. The number of nitrogens with one attached hydrogen (secondary N) is 1. The molecule has 1 N–H and O–H groups in total. The molecule has 1 amide bonds. The maximum Gasteiger partial charge on any atom is 0.223 e. The van der Waals surface area contributed by atoms with Crippen LogP contribution in [0.1, 0.15) is 24.1 Å². The summed E-state index contributed by atoms with van der Waals surface area (Å²) in [4.78, 5) is 17.4. The van der Waals surface area contributed by atoms with Crippen LogP contribution in [-0.2, 0) is 17.8 Å². The SMILES string of the molecule is O=C(CCCOc1ccccc1)N1CCc2[nH]ccc2C1. The van der Waals surface area contributed by atoms with Crippen LogP contribution in [0.4, 0.5) is 0 Å². The van der Waals surface area contributed by atoms with E-state index in [2.05, 4.69) is 11.1 Å². The van der Waals surface area contributed by atoms with Gasteiger partial charge in [0, 0.05) is 37.8 Å². The summed E-state index contributed by atoms with van der Waals surface area (Å²) in [5.41, 5.74) is 2.52. The fourth-order valence-corrected chi connectivity index (χ4v) is 2.65. The molecule has 3 rings (SSSR count). The molecular formula is C17H20N2O2. The van der Waals surface area contributed by atoms with Crippen LogP contribution in [0.25, 0.3) is 0 Å². The predicted molar refractivity (Wildman–Crippen MR) is 81.1 cm³/mol. The molecule has 1 aliphatic heterocycles. The topological polar surface area (TPSA) is 45.3 Å². The number of aromatic nitrogens is 1. The van der Waals surface area contributed by atoms with Crippen molar-refractivity contribution in [3.63, 3.8) is 0 Å². The van der Waals surface area contributed by atoms with Crippen molar-refractivity contribution in [3.8, 4) is 5.75 Å². The Morgan fingerprint density at radius 1 is 1.24 bits per heavy atom. The number of benzene rings is 1. The average Bonchev–Trinajstić information content (AvgIpc) is 3.00. The molecule has 0 unspecified atom stereocenters. The minimum atomic E-state index is 0.221. The molecule has 4 nitrogen and oxygen atoms in total. The molecule has 1 aromatic carbocycles. The van der Waals surface area contributed by atoms with Crippen LogP contribution in [0.3, 0.4) is 0 Å². The zero-order valence-corrected chi connectivity index (χ0v) is 12.0. The van der Waals surface area contributed by atoms with Crippen molar-refractivity contribution in [2.24, 2.45) is 0 Å². The highest BCUT2D eigenvalue weighted by Crippen LogP contribution is 2.18. The summed E-state index contributed by atoms with van der Waals surface area (Å²) < 4.78 is 5.61. The molecule has 0 atom stereocenters. The Hall–Kier alpha value is -2.23. The standard InChI is InChI=1S/C17H20N2O2/c20-17(7-4-12-21-15-5-2-1-3-6-15)19-11-9-16-14(13-19)8-10-18-16/h1-3,5-6,8,10,18H,4,7,9,11-13H2. The van der Waals surface area contributed by atoms with Crippen LogP contribution in [0.5, 0.6) is 5.75 Å². The van der Waals surface area contributed by atoms with E-state index in [-0.39, 0.29) is 5.91 Å². The minimum absolute atomic E-state index is 0.221. The molecule has 1 aromatic heterocycles. The van der Waals surface area contributed by atoms with Crippen molar-refractivity contribution in [1.29, 1.82) is 0 Å². The molecule has 0 saturated carbocycles. The summed E-state index contributed by atoms with van der Waals surface area (Å²) in [6, 6.07) is 11.8. The van der Waals surface area contributed by atoms with E-state index in [9.17, 15) is 4.79 Å². The summed E-state index contributed by atoms with van der Waals surface area (Å²) in [5.74, 6) is 1.08. The second kappa shape index (κ2) is 6.48. The van der Waals surface area contributed by atoms with Gasteiger partial charge in [0.2, 0.25) is 5.91 Å². The van der Waals surface area contributed by atoms with Gasteiger partial charge in [-0.05, 0) is 30.2 Å². The normalized spacial score (nSPS) is 13.8. The van der Waals surface area contributed by atoms with Crippen molar-refractivity contribution in [3.05, 3.63) is 53.9 Å². The van der Waals surface area contributed by atoms with Crippen molar-refractivity contribution >= 4 is 5.91 Å². The summed E-state index contributed by atoms with van der Waals surface area (Å²) in [6.07, 6.45) is 4.18. The molecule has 0 fully saturated rings. The number of nitrogens with zero attached hydrogens (tertiary/aromatic N) is 1. The van der Waals surface area contributed by atoms with Crippen LogP contribution in [0.15, 0.2) is 42.6 Å². The molecule has 4 heteroatoms. The van der Waals surface area contributed by atoms with E-state index in [0.29, 0.717) is 13.0 Å². The molecule has 2 aromatic rings. The molecule has 110 valence electrons. The summed E-state index contributed by atoms with van der Waals surface area (Å²) in [6.45, 7) is 2.13. The lowest BCUT2D eigenvalue weighted by Gasteiger charge is -2.27. The zero-order valence-electron chi connectivity index (χ0n) is 12.0. The third-order valence-corrected chi connectivity index (χ3v) is 3.82. The first-order chi connectivity index (χ1) is 10.3. The predicted octanol–water partition coefficient (Wildman–Crippen LogP) is 2.76. The van der Waals surface area contributed by atoms with Gasteiger partial charge in [-0.3, -0.25) is 4.79 Å². The van der Waals surface area contributed by atoms with E-state index in [4.69, 9.17) is 4.74 Å². The van der Waals surface area contributed by atoms with E-state index in [1.165, 1.54) is 11.3 Å². The first kappa shape index (κ1) is 13.7. The zero-order chi connectivity index (χ0) is 14.5. The second-order valence-corrected chi connectivity index (χ2v) is 5.31. The van der Waals surface area contributed by atoms with Crippen LogP contribution in [-0.4, -0.2) is 28.9 Å². The van der Waals surface area contributed by atoms with Crippen molar-refractivity contribution < 1.29 is 9.53 Å². The minimum Gasteiger partial charge on any atom is -0.494 e. The Kier molecular flexibility index (Phi) is 4.24. The van der Waals surface area contributed by atoms with Gasteiger partial charge in [0.15, 0.2) is 0 Å². The number of ether oxygens (including phenoxy) is 1. The maximum atomic E-state index is 12.2. The number of para-hydroxylation sites is 1. The number of hydrogen-bond acceptors (Lipinski definition) is 2. The highest BCUT2D eigenvalue weighted by atomic mass is 16.5. The second-order valence-electron chi connectivity index (χ2n) is 5.31. The molecule has 0 aliphatic carbocycles. The van der Waals surface area contributed by atoms with Gasteiger partial charge >= 0.3 is 0 Å². The monoisotopic (exact) mass is 284 g/mol. The van der Waals surface area contributed by atoms with Crippen LogP contribution in [0, 0.1) is 0 Å². The maximum absolute atomic E-state index is 12.2. The number of amides is 1. The Labute approximate surface area is 124 Å². The van der Waals surface area contributed by atoms with E-state index in [1.807, 2.05) is 41.4 Å². The Balaban J connectivity index is 1.41. The summed E-state index contributed by atoms with van der Waals surface area (Å²) in [5, 5.41) is 0.